The second-order valence-corrected chi connectivity index (χ2v) is 13.1. The smallest absolute Gasteiger partial charge is 0.287 e. The number of β-amino-alcohol motifs (C(OH)–C–C–N with tert-alkyl or cyclic N) is 1. The zero-order valence-corrected chi connectivity index (χ0v) is 30.0. The van der Waals surface area contributed by atoms with Crippen LogP contribution >= 0.6 is 0 Å². The number of aliphatic hydroxyl groups excluding tert-OH is 1. The number of amides is 4. The number of pyridine rings is 1. The number of aromatic nitrogens is 4. The standard InChI is InChI=1S/C38H44N10O5/c1-4-30(49)23-48-17-15-47(16-18-48)14-13-39-38(53)34-43-33(24-46(34)3)44-35(50)25-9-11-28(12-10-25)41-37(52)32-20-29(22-45(32)2)42-36(51)31-19-26-7-5-6-8-27(26)21-40-31/h5-12,19-22,24,30,49H,4,13-18,23H2,1-3H3,(H,39,53)(H,41,52)(H,42,51)(H,44,50). The quantitative estimate of drug-likeness (QED) is 0.122. The number of piperazine rings is 1. The molecule has 1 aliphatic heterocycles. The fraction of sp³-hybridized carbons (Fsp3) is 0.316. The highest BCUT2D eigenvalue weighted by Gasteiger charge is 2.20. The SMILES string of the molecule is CCC(O)CN1CCN(CCNC(=O)c2nc(NC(=O)c3ccc(NC(=O)c4cc(NC(=O)c5cc6ccccc6cn5)cn4C)cc3)cn2C)CC1. The van der Waals surface area contributed by atoms with Crippen LogP contribution in [0.15, 0.2) is 79.3 Å². The van der Waals surface area contributed by atoms with Crippen molar-refractivity contribution < 1.29 is 24.3 Å². The van der Waals surface area contributed by atoms with Gasteiger partial charge in [0.15, 0.2) is 5.82 Å². The molecule has 1 fully saturated rings. The van der Waals surface area contributed by atoms with Gasteiger partial charge in [0.1, 0.15) is 11.4 Å². The molecule has 15 heteroatoms. The lowest BCUT2D eigenvalue weighted by molar-refractivity contribution is 0.0704. The van der Waals surface area contributed by atoms with Gasteiger partial charge >= 0.3 is 0 Å². The lowest BCUT2D eigenvalue weighted by Gasteiger charge is -2.35. The first kappa shape index (κ1) is 36.9. The van der Waals surface area contributed by atoms with Crippen LogP contribution in [0.4, 0.5) is 17.2 Å². The zero-order valence-electron chi connectivity index (χ0n) is 30.0. The van der Waals surface area contributed by atoms with Crippen LogP contribution in [0.1, 0.15) is 55.3 Å². The van der Waals surface area contributed by atoms with E-state index in [1.54, 1.807) is 78.2 Å². The van der Waals surface area contributed by atoms with Crippen molar-refractivity contribution in [3.05, 3.63) is 102 Å². The Hall–Kier alpha value is -5.90. The van der Waals surface area contributed by atoms with E-state index in [-0.39, 0.29) is 29.3 Å². The maximum absolute atomic E-state index is 13.1. The van der Waals surface area contributed by atoms with Gasteiger partial charge in [-0.25, -0.2) is 4.98 Å². The summed E-state index contributed by atoms with van der Waals surface area (Å²) in [4.78, 5) is 64.9. The Labute approximate surface area is 307 Å². The largest absolute Gasteiger partial charge is 0.392 e. The first-order chi connectivity index (χ1) is 25.6. The highest BCUT2D eigenvalue weighted by molar-refractivity contribution is 6.08. The monoisotopic (exact) mass is 720 g/mol. The molecule has 6 rings (SSSR count). The van der Waals surface area contributed by atoms with Crippen molar-refractivity contribution in [2.75, 3.05) is 61.8 Å². The van der Waals surface area contributed by atoms with Crippen LogP contribution in [0.5, 0.6) is 0 Å². The van der Waals surface area contributed by atoms with Gasteiger partial charge in [0.25, 0.3) is 23.6 Å². The number of benzene rings is 2. The normalized spacial score (nSPS) is 14.1. The van der Waals surface area contributed by atoms with Crippen LogP contribution in [-0.4, -0.2) is 110 Å². The average molecular weight is 721 g/mol. The van der Waals surface area contributed by atoms with Crippen LogP contribution in [0.25, 0.3) is 10.8 Å². The molecule has 4 heterocycles. The molecular weight excluding hydrogens is 676 g/mol. The summed E-state index contributed by atoms with van der Waals surface area (Å²) < 4.78 is 3.16. The number of aliphatic hydroxyl groups is 1. The molecule has 3 aromatic heterocycles. The fourth-order valence-corrected chi connectivity index (χ4v) is 6.12. The summed E-state index contributed by atoms with van der Waals surface area (Å²) in [6, 6.07) is 17.3. The van der Waals surface area contributed by atoms with E-state index in [9.17, 15) is 24.3 Å². The van der Waals surface area contributed by atoms with Crippen molar-refractivity contribution in [1.82, 2.24) is 34.2 Å². The van der Waals surface area contributed by atoms with Crippen molar-refractivity contribution >= 4 is 51.6 Å². The molecule has 0 radical (unpaired) electrons. The molecule has 276 valence electrons. The minimum atomic E-state index is -0.428. The van der Waals surface area contributed by atoms with Crippen molar-refractivity contribution in [2.45, 2.75) is 19.4 Å². The van der Waals surface area contributed by atoms with Crippen LogP contribution in [0.3, 0.4) is 0 Å². The Morgan fingerprint density at radius 1 is 0.774 bits per heavy atom. The Kier molecular flexibility index (Phi) is 11.6. The molecule has 53 heavy (non-hydrogen) atoms. The number of aryl methyl sites for hydroxylation is 2. The third-order valence-corrected chi connectivity index (χ3v) is 9.20. The summed E-state index contributed by atoms with van der Waals surface area (Å²) in [5.74, 6) is -1.17. The number of nitrogens with zero attached hydrogens (tertiary/aromatic N) is 6. The van der Waals surface area contributed by atoms with E-state index >= 15 is 0 Å². The fourth-order valence-electron chi connectivity index (χ4n) is 6.12. The third-order valence-electron chi connectivity index (χ3n) is 9.20. The molecule has 2 aromatic carbocycles. The van der Waals surface area contributed by atoms with Gasteiger partial charge < -0.3 is 35.5 Å². The number of anilines is 3. The van der Waals surface area contributed by atoms with Crippen LogP contribution < -0.4 is 21.3 Å². The molecule has 1 unspecified atom stereocenters. The van der Waals surface area contributed by atoms with Gasteiger partial charge in [-0.15, -0.1) is 0 Å². The number of imidazole rings is 1. The maximum atomic E-state index is 13.1. The Morgan fingerprint density at radius 2 is 1.47 bits per heavy atom. The Morgan fingerprint density at radius 3 is 2.21 bits per heavy atom. The van der Waals surface area contributed by atoms with Gasteiger partial charge in [-0.2, -0.15) is 0 Å². The molecule has 15 nitrogen and oxygen atoms in total. The van der Waals surface area contributed by atoms with Crippen LogP contribution in [0, 0.1) is 0 Å². The second-order valence-electron chi connectivity index (χ2n) is 13.1. The molecule has 0 saturated carbocycles. The van der Waals surface area contributed by atoms with E-state index in [1.165, 1.54) is 0 Å². The van der Waals surface area contributed by atoms with E-state index in [2.05, 4.69) is 41.0 Å². The van der Waals surface area contributed by atoms with Gasteiger partial charge in [-0.3, -0.25) is 34.0 Å². The lowest BCUT2D eigenvalue weighted by atomic mass is 10.1. The van der Waals surface area contributed by atoms with Gasteiger partial charge in [-0.05, 0) is 48.2 Å². The molecule has 0 aliphatic carbocycles. The zero-order chi connectivity index (χ0) is 37.5. The van der Waals surface area contributed by atoms with E-state index in [4.69, 9.17) is 0 Å². The molecule has 1 saturated heterocycles. The molecule has 5 aromatic rings. The van der Waals surface area contributed by atoms with Crippen LogP contribution in [0.2, 0.25) is 0 Å². The molecule has 5 N–H and O–H groups in total. The number of carbonyl (C=O) groups is 4. The number of nitrogens with one attached hydrogen (secondary N) is 4. The molecular formula is C38H44N10O5. The molecule has 1 atom stereocenters. The van der Waals surface area contributed by atoms with Gasteiger partial charge in [0, 0.05) is 95.1 Å². The predicted octanol–water partition coefficient (Wildman–Crippen LogP) is 3.18. The maximum Gasteiger partial charge on any atom is 0.287 e. The summed E-state index contributed by atoms with van der Waals surface area (Å²) in [5.41, 5.74) is 1.80. The Balaban J connectivity index is 0.967. The summed E-state index contributed by atoms with van der Waals surface area (Å²) in [7, 11) is 3.38. The third kappa shape index (κ3) is 9.32. The summed E-state index contributed by atoms with van der Waals surface area (Å²) in [6.07, 6.45) is 5.30. The van der Waals surface area contributed by atoms with Crippen molar-refractivity contribution in [3.63, 3.8) is 0 Å². The number of hydrogen-bond donors (Lipinski definition) is 5. The predicted molar refractivity (Wildman–Crippen MR) is 202 cm³/mol. The van der Waals surface area contributed by atoms with Crippen LogP contribution in [-0.2, 0) is 14.1 Å². The summed E-state index contributed by atoms with van der Waals surface area (Å²) in [5, 5.41) is 23.0. The Bertz CT molecular complexity index is 2100. The highest BCUT2D eigenvalue weighted by atomic mass is 16.3. The first-order valence-electron chi connectivity index (χ1n) is 17.6. The minimum absolute atomic E-state index is 0.172. The van der Waals surface area contributed by atoms with Gasteiger partial charge in [-0.1, -0.05) is 31.2 Å². The molecule has 1 aliphatic rings. The molecule has 0 bridgehead atoms. The van der Waals surface area contributed by atoms with Gasteiger partial charge in [0.05, 0.1) is 11.8 Å². The average Bonchev–Trinajstić information content (AvgIpc) is 3.72. The van der Waals surface area contributed by atoms with Crippen molar-refractivity contribution in [3.8, 4) is 0 Å². The lowest BCUT2D eigenvalue weighted by Crippen LogP contribution is -2.50. The van der Waals surface area contributed by atoms with Crippen molar-refractivity contribution in [2.24, 2.45) is 14.1 Å². The highest BCUT2D eigenvalue weighted by Crippen LogP contribution is 2.19. The van der Waals surface area contributed by atoms with Gasteiger partial charge in [0.2, 0.25) is 5.82 Å². The number of hydrogen-bond acceptors (Lipinski definition) is 9. The van der Waals surface area contributed by atoms with E-state index in [1.807, 2.05) is 31.2 Å². The van der Waals surface area contributed by atoms with E-state index in [0.29, 0.717) is 42.3 Å². The van der Waals surface area contributed by atoms with E-state index in [0.717, 1.165) is 43.4 Å². The first-order valence-corrected chi connectivity index (χ1v) is 17.6. The topological polar surface area (TPSA) is 179 Å². The molecule has 4 amide bonds. The number of carbonyl (C=O) groups excluding carboxylic acids is 4. The second kappa shape index (κ2) is 16.6. The minimum Gasteiger partial charge on any atom is -0.392 e. The summed E-state index contributed by atoms with van der Waals surface area (Å²) in [6.45, 7) is 7.34. The van der Waals surface area contributed by atoms with Crippen molar-refractivity contribution in [1.29, 1.82) is 0 Å². The summed E-state index contributed by atoms with van der Waals surface area (Å²) >= 11 is 0. The molecule has 0 spiro atoms. The van der Waals surface area contributed by atoms with E-state index < -0.39 is 17.7 Å². The number of rotatable bonds is 13. The number of fused-ring (bicyclic) bond motifs is 1.